The van der Waals surface area contributed by atoms with E-state index in [9.17, 15) is 14.0 Å². The molecular weight excluding hydrogens is 333 g/mol. The second kappa shape index (κ2) is 7.23. The maximum atomic E-state index is 13.0. The van der Waals surface area contributed by atoms with Crippen LogP contribution in [0.4, 0.5) is 10.1 Å². The summed E-state index contributed by atoms with van der Waals surface area (Å²) < 4.78 is 13.0. The Morgan fingerprint density at radius 2 is 1.81 bits per heavy atom. The van der Waals surface area contributed by atoms with Crippen LogP contribution < -0.4 is 5.32 Å². The summed E-state index contributed by atoms with van der Waals surface area (Å²) >= 11 is 0. The number of nitrogens with zero attached hydrogens (tertiary/aromatic N) is 2. The maximum absolute atomic E-state index is 13.0. The molecule has 0 atom stereocenters. The number of hydrogen-bond acceptors (Lipinski definition) is 4. The van der Waals surface area contributed by atoms with Gasteiger partial charge in [0.1, 0.15) is 5.82 Å². The van der Waals surface area contributed by atoms with Crippen molar-refractivity contribution in [2.24, 2.45) is 0 Å². The molecule has 1 heterocycles. The lowest BCUT2D eigenvalue weighted by molar-refractivity contribution is 0.101. The summed E-state index contributed by atoms with van der Waals surface area (Å²) in [6.07, 6.45) is 1.44. The molecule has 1 amide bonds. The van der Waals surface area contributed by atoms with E-state index in [2.05, 4.69) is 15.3 Å². The molecule has 0 aliphatic carbocycles. The van der Waals surface area contributed by atoms with Gasteiger partial charge in [0.2, 0.25) is 0 Å². The Morgan fingerprint density at radius 1 is 1.08 bits per heavy atom. The van der Waals surface area contributed by atoms with Crippen molar-refractivity contribution in [2.45, 2.75) is 13.8 Å². The number of carbonyl (C=O) groups is 2. The number of aromatic nitrogens is 2. The zero-order valence-corrected chi connectivity index (χ0v) is 14.3. The Bertz CT molecular complexity index is 985. The van der Waals surface area contributed by atoms with E-state index < -0.39 is 0 Å². The van der Waals surface area contributed by atoms with E-state index in [1.54, 1.807) is 43.3 Å². The smallest absolute Gasteiger partial charge is 0.259 e. The normalized spacial score (nSPS) is 10.4. The molecule has 0 aliphatic rings. The molecular formula is C20H16FN3O2. The van der Waals surface area contributed by atoms with E-state index in [-0.39, 0.29) is 17.5 Å². The standard InChI is InChI=1S/C20H16FN3O2/c1-12-18(11-22-19(23-12)14-6-8-16(21)9-7-14)20(26)24-17-5-3-4-15(10-17)13(2)25/h3-11H,1-2H3,(H,24,26). The number of ketones is 1. The molecule has 3 aromatic rings. The largest absolute Gasteiger partial charge is 0.322 e. The van der Waals surface area contributed by atoms with Crippen molar-refractivity contribution in [2.75, 3.05) is 5.32 Å². The minimum absolute atomic E-state index is 0.0794. The van der Waals surface area contributed by atoms with E-state index in [4.69, 9.17) is 0 Å². The first-order valence-corrected chi connectivity index (χ1v) is 7.96. The van der Waals surface area contributed by atoms with Crippen molar-refractivity contribution in [3.8, 4) is 11.4 Å². The Balaban J connectivity index is 1.83. The zero-order valence-electron chi connectivity index (χ0n) is 14.3. The maximum Gasteiger partial charge on any atom is 0.259 e. The molecule has 26 heavy (non-hydrogen) atoms. The fraction of sp³-hybridized carbons (Fsp3) is 0.100. The van der Waals surface area contributed by atoms with Gasteiger partial charge in [0, 0.05) is 23.0 Å². The highest BCUT2D eigenvalue weighted by Gasteiger charge is 2.13. The van der Waals surface area contributed by atoms with Gasteiger partial charge < -0.3 is 5.32 Å². The minimum Gasteiger partial charge on any atom is -0.322 e. The van der Waals surface area contributed by atoms with Gasteiger partial charge in [0.05, 0.1) is 11.3 Å². The van der Waals surface area contributed by atoms with Crippen molar-refractivity contribution in [3.63, 3.8) is 0 Å². The van der Waals surface area contributed by atoms with Crippen molar-refractivity contribution in [3.05, 3.63) is 77.4 Å². The summed E-state index contributed by atoms with van der Waals surface area (Å²) in [5.41, 5.74) is 2.52. The number of hydrogen-bond donors (Lipinski definition) is 1. The van der Waals surface area contributed by atoms with E-state index >= 15 is 0 Å². The number of anilines is 1. The van der Waals surface area contributed by atoms with Gasteiger partial charge in [-0.05, 0) is 50.2 Å². The molecule has 0 spiro atoms. The molecule has 1 N–H and O–H groups in total. The predicted molar refractivity (Wildman–Crippen MR) is 96.6 cm³/mol. The lowest BCUT2D eigenvalue weighted by Crippen LogP contribution is -2.15. The first kappa shape index (κ1) is 17.4. The monoisotopic (exact) mass is 349 g/mol. The second-order valence-electron chi connectivity index (χ2n) is 5.79. The van der Waals surface area contributed by atoms with E-state index in [1.165, 1.54) is 25.3 Å². The van der Waals surface area contributed by atoms with Crippen LogP contribution in [0.1, 0.15) is 33.3 Å². The van der Waals surface area contributed by atoms with Gasteiger partial charge in [-0.25, -0.2) is 14.4 Å². The lowest BCUT2D eigenvalue weighted by Gasteiger charge is -2.09. The Morgan fingerprint density at radius 3 is 2.46 bits per heavy atom. The third kappa shape index (κ3) is 3.80. The Kier molecular flexibility index (Phi) is 4.84. The second-order valence-corrected chi connectivity index (χ2v) is 5.79. The van der Waals surface area contributed by atoms with Crippen molar-refractivity contribution >= 4 is 17.4 Å². The highest BCUT2D eigenvalue weighted by atomic mass is 19.1. The summed E-state index contributed by atoms with van der Waals surface area (Å²) in [4.78, 5) is 32.5. The number of halogens is 1. The van der Waals surface area contributed by atoms with Gasteiger partial charge >= 0.3 is 0 Å². The lowest BCUT2D eigenvalue weighted by atomic mass is 10.1. The van der Waals surface area contributed by atoms with Crippen molar-refractivity contribution < 1.29 is 14.0 Å². The highest BCUT2D eigenvalue weighted by Crippen LogP contribution is 2.18. The van der Waals surface area contributed by atoms with E-state index in [0.717, 1.165) is 0 Å². The minimum atomic E-state index is -0.367. The number of benzene rings is 2. The number of nitrogens with one attached hydrogen (secondary N) is 1. The van der Waals surface area contributed by atoms with Crippen LogP contribution in [-0.4, -0.2) is 21.7 Å². The first-order chi connectivity index (χ1) is 12.4. The SMILES string of the molecule is CC(=O)c1cccc(NC(=O)c2cnc(-c3ccc(F)cc3)nc2C)c1. The summed E-state index contributed by atoms with van der Waals surface area (Å²) in [6.45, 7) is 3.17. The fourth-order valence-electron chi connectivity index (χ4n) is 2.44. The molecule has 6 heteroatoms. The summed E-state index contributed by atoms with van der Waals surface area (Å²) in [5, 5.41) is 2.74. The molecule has 5 nitrogen and oxygen atoms in total. The first-order valence-electron chi connectivity index (χ1n) is 7.96. The number of rotatable bonds is 4. The van der Waals surface area contributed by atoms with Crippen LogP contribution in [0.15, 0.2) is 54.7 Å². The summed E-state index contributed by atoms with van der Waals surface area (Å²) in [7, 11) is 0. The topological polar surface area (TPSA) is 72.0 Å². The van der Waals surface area contributed by atoms with Gasteiger partial charge in [0.15, 0.2) is 11.6 Å². The van der Waals surface area contributed by atoms with Crippen LogP contribution in [-0.2, 0) is 0 Å². The molecule has 0 saturated carbocycles. The molecule has 0 unspecified atom stereocenters. The van der Waals surface area contributed by atoms with Gasteiger partial charge in [-0.2, -0.15) is 0 Å². The van der Waals surface area contributed by atoms with Crippen LogP contribution in [0.25, 0.3) is 11.4 Å². The summed E-state index contributed by atoms with van der Waals surface area (Å²) in [6, 6.07) is 12.5. The number of carbonyl (C=O) groups excluding carboxylic acids is 2. The zero-order chi connectivity index (χ0) is 18.7. The Labute approximate surface area is 149 Å². The third-order valence-electron chi connectivity index (χ3n) is 3.85. The fourth-order valence-corrected chi connectivity index (χ4v) is 2.44. The van der Waals surface area contributed by atoms with Crippen LogP contribution in [0, 0.1) is 12.7 Å². The van der Waals surface area contributed by atoms with Crippen LogP contribution in [0.3, 0.4) is 0 Å². The molecule has 2 aromatic carbocycles. The average molecular weight is 349 g/mol. The third-order valence-corrected chi connectivity index (χ3v) is 3.85. The van der Waals surface area contributed by atoms with Crippen LogP contribution >= 0.6 is 0 Å². The van der Waals surface area contributed by atoms with E-state index in [1.807, 2.05) is 0 Å². The quantitative estimate of drug-likeness (QED) is 0.722. The molecule has 1 aromatic heterocycles. The molecule has 0 fully saturated rings. The van der Waals surface area contributed by atoms with E-state index in [0.29, 0.717) is 33.9 Å². The van der Waals surface area contributed by atoms with Gasteiger partial charge in [-0.1, -0.05) is 12.1 Å². The molecule has 0 saturated heterocycles. The Hall–Kier alpha value is -3.41. The van der Waals surface area contributed by atoms with Gasteiger partial charge in [0.25, 0.3) is 5.91 Å². The highest BCUT2D eigenvalue weighted by molar-refractivity contribution is 6.05. The predicted octanol–water partition coefficient (Wildman–Crippen LogP) is 4.05. The van der Waals surface area contributed by atoms with Crippen molar-refractivity contribution in [1.82, 2.24) is 9.97 Å². The molecule has 0 aliphatic heterocycles. The van der Waals surface area contributed by atoms with Crippen molar-refractivity contribution in [1.29, 1.82) is 0 Å². The average Bonchev–Trinajstić information content (AvgIpc) is 2.62. The van der Waals surface area contributed by atoms with Gasteiger partial charge in [-0.3, -0.25) is 9.59 Å². The number of Topliss-reactive ketones (excluding diaryl/α,β-unsaturated/α-hetero) is 1. The summed E-state index contributed by atoms with van der Waals surface area (Å²) in [5.74, 6) is -0.370. The number of aryl methyl sites for hydroxylation is 1. The number of amides is 1. The van der Waals surface area contributed by atoms with Crippen LogP contribution in [0.2, 0.25) is 0 Å². The van der Waals surface area contributed by atoms with Gasteiger partial charge in [-0.15, -0.1) is 0 Å². The van der Waals surface area contributed by atoms with Crippen LogP contribution in [0.5, 0.6) is 0 Å². The molecule has 0 radical (unpaired) electrons. The molecule has 0 bridgehead atoms. The molecule has 3 rings (SSSR count). The molecule has 130 valence electrons.